The molecule has 1 aliphatic rings. The molecule has 2 atom stereocenters. The van der Waals surface area contributed by atoms with Crippen LogP contribution >= 0.6 is 0 Å². The van der Waals surface area contributed by atoms with E-state index in [1.54, 1.807) is 7.11 Å². The van der Waals surface area contributed by atoms with Gasteiger partial charge >= 0.3 is 0 Å². The van der Waals surface area contributed by atoms with Crippen LogP contribution in [-0.2, 0) is 9.53 Å². The van der Waals surface area contributed by atoms with Gasteiger partial charge < -0.3 is 15.4 Å². The summed E-state index contributed by atoms with van der Waals surface area (Å²) in [5.74, 6) is 0.0909. The Morgan fingerprint density at radius 1 is 1.57 bits per heavy atom. The first kappa shape index (κ1) is 11.5. The Morgan fingerprint density at radius 3 is 2.93 bits per heavy atom. The summed E-state index contributed by atoms with van der Waals surface area (Å²) in [6.07, 6.45) is 2.67. The van der Waals surface area contributed by atoms with E-state index in [0.29, 0.717) is 25.1 Å². The largest absolute Gasteiger partial charge is 0.384 e. The summed E-state index contributed by atoms with van der Waals surface area (Å²) < 4.78 is 4.84. The summed E-state index contributed by atoms with van der Waals surface area (Å²) in [7, 11) is 1.61. The van der Waals surface area contributed by atoms with Crippen LogP contribution < -0.4 is 10.6 Å². The van der Waals surface area contributed by atoms with E-state index in [4.69, 9.17) is 4.74 Å². The molecule has 14 heavy (non-hydrogen) atoms. The fourth-order valence-corrected chi connectivity index (χ4v) is 1.62. The van der Waals surface area contributed by atoms with E-state index in [-0.39, 0.29) is 5.91 Å². The number of piperidine rings is 1. The van der Waals surface area contributed by atoms with Gasteiger partial charge in [-0.15, -0.1) is 0 Å². The van der Waals surface area contributed by atoms with Gasteiger partial charge in [0.2, 0.25) is 5.91 Å². The Labute approximate surface area is 85.4 Å². The maximum atomic E-state index is 11.3. The zero-order chi connectivity index (χ0) is 10.4. The van der Waals surface area contributed by atoms with Crippen molar-refractivity contribution in [2.45, 2.75) is 38.3 Å². The molecule has 1 aliphatic heterocycles. The highest BCUT2D eigenvalue weighted by atomic mass is 16.5. The zero-order valence-electron chi connectivity index (χ0n) is 9.01. The third-order valence-corrected chi connectivity index (χ3v) is 2.56. The molecular formula is C10H20N2O2. The number of methoxy groups -OCH3 is 1. The first-order chi connectivity index (χ1) is 6.72. The molecule has 0 radical (unpaired) electrons. The SMILES string of the molecule is COCCC(=O)NC1CCC(C)NC1. The third-order valence-electron chi connectivity index (χ3n) is 2.56. The van der Waals surface area contributed by atoms with Gasteiger partial charge in [-0.05, 0) is 19.8 Å². The van der Waals surface area contributed by atoms with Gasteiger partial charge in [0.1, 0.15) is 0 Å². The number of hydrogen-bond donors (Lipinski definition) is 2. The van der Waals surface area contributed by atoms with Gasteiger partial charge in [-0.3, -0.25) is 4.79 Å². The predicted molar refractivity (Wildman–Crippen MR) is 55.1 cm³/mol. The van der Waals surface area contributed by atoms with E-state index in [0.717, 1.165) is 19.4 Å². The van der Waals surface area contributed by atoms with Gasteiger partial charge in [-0.2, -0.15) is 0 Å². The molecule has 0 spiro atoms. The Morgan fingerprint density at radius 2 is 2.36 bits per heavy atom. The first-order valence-corrected chi connectivity index (χ1v) is 5.24. The van der Waals surface area contributed by atoms with E-state index in [2.05, 4.69) is 17.6 Å². The highest BCUT2D eigenvalue weighted by Gasteiger charge is 2.18. The number of rotatable bonds is 4. The molecular weight excluding hydrogens is 180 g/mol. The van der Waals surface area contributed by atoms with E-state index in [9.17, 15) is 4.79 Å². The lowest BCUT2D eigenvalue weighted by Gasteiger charge is -2.28. The maximum absolute atomic E-state index is 11.3. The second kappa shape index (κ2) is 5.98. The lowest BCUT2D eigenvalue weighted by atomic mass is 10.0. The van der Waals surface area contributed by atoms with Crippen LogP contribution in [0.15, 0.2) is 0 Å². The van der Waals surface area contributed by atoms with Gasteiger partial charge in [0.15, 0.2) is 0 Å². The lowest BCUT2D eigenvalue weighted by Crippen LogP contribution is -2.48. The van der Waals surface area contributed by atoms with Crippen LogP contribution in [0, 0.1) is 0 Å². The molecule has 2 unspecified atom stereocenters. The molecule has 1 fully saturated rings. The molecule has 1 saturated heterocycles. The summed E-state index contributed by atoms with van der Waals surface area (Å²) in [5, 5.41) is 6.34. The minimum Gasteiger partial charge on any atom is -0.384 e. The molecule has 82 valence electrons. The summed E-state index contributed by atoms with van der Waals surface area (Å²) in [5.41, 5.74) is 0. The van der Waals surface area contributed by atoms with Crippen molar-refractivity contribution in [2.75, 3.05) is 20.3 Å². The zero-order valence-corrected chi connectivity index (χ0v) is 9.01. The maximum Gasteiger partial charge on any atom is 0.222 e. The first-order valence-electron chi connectivity index (χ1n) is 5.24. The van der Waals surface area contributed by atoms with Gasteiger partial charge in [0, 0.05) is 32.2 Å². The van der Waals surface area contributed by atoms with Gasteiger partial charge in [-0.1, -0.05) is 0 Å². The summed E-state index contributed by atoms with van der Waals surface area (Å²) in [6.45, 7) is 3.56. The third kappa shape index (κ3) is 4.07. The van der Waals surface area contributed by atoms with Crippen LogP contribution in [0.4, 0.5) is 0 Å². The molecule has 1 rings (SSSR count). The molecule has 0 aromatic carbocycles. The fourth-order valence-electron chi connectivity index (χ4n) is 1.62. The second-order valence-electron chi connectivity index (χ2n) is 3.89. The van der Waals surface area contributed by atoms with Crippen molar-refractivity contribution >= 4 is 5.91 Å². The van der Waals surface area contributed by atoms with E-state index >= 15 is 0 Å². The van der Waals surface area contributed by atoms with E-state index in [1.807, 2.05) is 0 Å². The molecule has 0 aliphatic carbocycles. The number of carbonyl (C=O) groups is 1. The molecule has 1 amide bonds. The van der Waals surface area contributed by atoms with Crippen LogP contribution in [0.5, 0.6) is 0 Å². The van der Waals surface area contributed by atoms with Crippen LogP contribution in [0.3, 0.4) is 0 Å². The quantitative estimate of drug-likeness (QED) is 0.685. The Balaban J connectivity index is 2.14. The molecule has 0 aromatic rings. The molecule has 0 saturated carbocycles. The molecule has 4 heteroatoms. The minimum absolute atomic E-state index is 0.0909. The molecule has 0 bridgehead atoms. The highest BCUT2D eigenvalue weighted by Crippen LogP contribution is 2.07. The van der Waals surface area contributed by atoms with Crippen molar-refractivity contribution in [1.82, 2.24) is 10.6 Å². The Kier molecular flexibility index (Phi) is 4.90. The van der Waals surface area contributed by atoms with Crippen LogP contribution in [0.2, 0.25) is 0 Å². The topological polar surface area (TPSA) is 50.4 Å². The monoisotopic (exact) mass is 200 g/mol. The van der Waals surface area contributed by atoms with E-state index < -0.39 is 0 Å². The van der Waals surface area contributed by atoms with Crippen LogP contribution in [-0.4, -0.2) is 38.3 Å². The van der Waals surface area contributed by atoms with Crippen LogP contribution in [0.25, 0.3) is 0 Å². The van der Waals surface area contributed by atoms with Gasteiger partial charge in [0.05, 0.1) is 6.61 Å². The molecule has 0 aromatic heterocycles. The van der Waals surface area contributed by atoms with Crippen molar-refractivity contribution in [2.24, 2.45) is 0 Å². The summed E-state index contributed by atoms with van der Waals surface area (Å²) in [4.78, 5) is 11.3. The number of ether oxygens (including phenoxy) is 1. The lowest BCUT2D eigenvalue weighted by molar-refractivity contribution is -0.122. The minimum atomic E-state index is 0.0909. The van der Waals surface area contributed by atoms with Gasteiger partial charge in [0.25, 0.3) is 0 Å². The highest BCUT2D eigenvalue weighted by molar-refractivity contribution is 5.76. The number of carbonyl (C=O) groups excluding carboxylic acids is 1. The van der Waals surface area contributed by atoms with Crippen molar-refractivity contribution < 1.29 is 9.53 Å². The summed E-state index contributed by atoms with van der Waals surface area (Å²) in [6, 6.07) is 0.887. The van der Waals surface area contributed by atoms with Crippen molar-refractivity contribution in [3.63, 3.8) is 0 Å². The molecule has 4 nitrogen and oxygen atoms in total. The normalized spacial score (nSPS) is 27.3. The summed E-state index contributed by atoms with van der Waals surface area (Å²) >= 11 is 0. The smallest absolute Gasteiger partial charge is 0.222 e. The molecule has 2 N–H and O–H groups in total. The Hall–Kier alpha value is -0.610. The van der Waals surface area contributed by atoms with Crippen LogP contribution in [0.1, 0.15) is 26.2 Å². The van der Waals surface area contributed by atoms with E-state index in [1.165, 1.54) is 0 Å². The average molecular weight is 200 g/mol. The van der Waals surface area contributed by atoms with Gasteiger partial charge in [-0.25, -0.2) is 0 Å². The fraction of sp³-hybridized carbons (Fsp3) is 0.900. The molecule has 1 heterocycles. The number of nitrogens with one attached hydrogen (secondary N) is 2. The number of amides is 1. The average Bonchev–Trinajstić information content (AvgIpc) is 2.18. The Bertz CT molecular complexity index is 177. The second-order valence-corrected chi connectivity index (χ2v) is 3.89. The van der Waals surface area contributed by atoms with Crippen molar-refractivity contribution in [1.29, 1.82) is 0 Å². The van der Waals surface area contributed by atoms with Crippen molar-refractivity contribution in [3.05, 3.63) is 0 Å². The van der Waals surface area contributed by atoms with Crippen molar-refractivity contribution in [3.8, 4) is 0 Å². The number of hydrogen-bond acceptors (Lipinski definition) is 3. The predicted octanol–water partition coefficient (Wildman–Crippen LogP) is 0.280. The standard InChI is InChI=1S/C10H20N2O2/c1-8-3-4-9(7-11-8)12-10(13)5-6-14-2/h8-9,11H,3-7H2,1-2H3,(H,12,13).